The Morgan fingerprint density at radius 1 is 0.625 bits per heavy atom. The molecule has 8 heavy (non-hydrogen) atoms. The van der Waals surface area contributed by atoms with Gasteiger partial charge in [-0.2, -0.15) is 21.3 Å². The van der Waals surface area contributed by atoms with Crippen LogP contribution in [-0.2, 0) is 24.0 Å². The Hall–Kier alpha value is 0.424. The Bertz CT molecular complexity index is 11.2. The van der Waals surface area contributed by atoms with Gasteiger partial charge in [0.05, 0.1) is 0 Å². The molecule has 55 valence electrons. The van der Waals surface area contributed by atoms with E-state index in [1.54, 1.807) is 0 Å². The summed E-state index contributed by atoms with van der Waals surface area (Å²) < 4.78 is 0. The van der Waals surface area contributed by atoms with Gasteiger partial charge in [0.1, 0.15) is 0 Å². The van der Waals surface area contributed by atoms with Crippen LogP contribution in [0.1, 0.15) is 0 Å². The van der Waals surface area contributed by atoms with Crippen LogP contribution in [0.25, 0.3) is 0 Å². The van der Waals surface area contributed by atoms with Crippen molar-refractivity contribution in [2.75, 3.05) is 21.3 Å². The minimum atomic E-state index is 0. The van der Waals surface area contributed by atoms with Gasteiger partial charge in [-0.25, -0.2) is 0 Å². The van der Waals surface area contributed by atoms with Crippen LogP contribution in [0.5, 0.6) is 0 Å². The summed E-state index contributed by atoms with van der Waals surface area (Å²) in [7, 11) is 2.25. The molecule has 0 aliphatic rings. The minimum Gasteiger partial charge on any atom is -2.00 e. The normalized spacial score (nSPS) is 2.25. The summed E-state index contributed by atoms with van der Waals surface area (Å²) in [6, 6.07) is 0. The van der Waals surface area contributed by atoms with Gasteiger partial charge in [0.25, 0.3) is 0 Å². The van der Waals surface area contributed by atoms with Crippen molar-refractivity contribution in [2.45, 2.75) is 0 Å². The van der Waals surface area contributed by atoms with Gasteiger partial charge in [-0.05, 0) is 0 Å². The molecular weight excluding hydrogens is 151 g/mol. The van der Waals surface area contributed by atoms with Crippen LogP contribution in [0.3, 0.4) is 0 Å². The summed E-state index contributed by atoms with van der Waals surface area (Å²) in [6.45, 7) is 0. The summed E-state index contributed by atoms with van der Waals surface area (Å²) in [6.07, 6.45) is 0. The first-order valence-corrected chi connectivity index (χ1v) is 1.22. The van der Waals surface area contributed by atoms with E-state index in [0.717, 1.165) is 21.3 Å². The molecule has 0 aromatic carbocycles. The van der Waals surface area contributed by atoms with Crippen molar-refractivity contribution in [3.8, 4) is 0 Å². The maximum atomic E-state index is 8.25. The second-order valence-electron chi connectivity index (χ2n) is 0. The smallest absolute Gasteiger partial charge is 0 e. The van der Waals surface area contributed by atoms with Crippen LogP contribution in [0, 0.1) is 0 Å². The van der Waals surface area contributed by atoms with Gasteiger partial charge < -0.3 is 20.8 Å². The molecule has 0 aliphatic carbocycles. The van der Waals surface area contributed by atoms with Crippen LogP contribution < -0.4 is 15.3 Å². The van der Waals surface area contributed by atoms with Gasteiger partial charge in [0.2, 0.25) is 0 Å². The van der Waals surface area contributed by atoms with E-state index in [4.69, 9.17) is 15.3 Å². The molecule has 0 N–H and O–H groups in total. The van der Waals surface area contributed by atoms with Crippen molar-refractivity contribution in [1.82, 2.24) is 0 Å². The topological polar surface area (TPSA) is 97.7 Å². The molecule has 0 rings (SSSR count). The van der Waals surface area contributed by atoms with Crippen molar-refractivity contribution >= 4 is 0 Å². The molecule has 4 nitrogen and oxygen atoms in total. The van der Waals surface area contributed by atoms with Gasteiger partial charge >= 0.3 is 0 Å². The molecule has 0 bridgehead atoms. The molecule has 5 heteroatoms. The fourth-order valence-electron chi connectivity index (χ4n) is 0. The SMILES string of the molecule is C[O-].C[O-].C[O-].[O-2].[V]. The Morgan fingerprint density at radius 3 is 0.625 bits per heavy atom. The van der Waals surface area contributed by atoms with Gasteiger partial charge in [-0.1, -0.05) is 0 Å². The van der Waals surface area contributed by atoms with E-state index in [9.17, 15) is 0 Å². The standard InChI is InChI=1S/3CH3O.O.V/c3*1-2;;/h3*1H3;;/q3*-1;-2;. The van der Waals surface area contributed by atoms with Gasteiger partial charge in [0, 0.05) is 18.6 Å². The summed E-state index contributed by atoms with van der Waals surface area (Å²) in [5, 5.41) is 24.8. The molecule has 0 fully saturated rings. The van der Waals surface area contributed by atoms with E-state index in [1.165, 1.54) is 0 Å². The minimum absolute atomic E-state index is 0. The predicted octanol–water partition coefficient (Wildman–Crippen LogP) is -3.19. The maximum Gasteiger partial charge on any atom is 0 e. The van der Waals surface area contributed by atoms with Crippen molar-refractivity contribution in [2.24, 2.45) is 0 Å². The van der Waals surface area contributed by atoms with E-state index < -0.39 is 0 Å². The van der Waals surface area contributed by atoms with E-state index in [2.05, 4.69) is 0 Å². The molecule has 0 spiro atoms. The third-order valence-electron chi connectivity index (χ3n) is 0. The van der Waals surface area contributed by atoms with Gasteiger partial charge in [-0.3, -0.25) is 0 Å². The summed E-state index contributed by atoms with van der Waals surface area (Å²) in [5.74, 6) is 0. The van der Waals surface area contributed by atoms with E-state index >= 15 is 0 Å². The summed E-state index contributed by atoms with van der Waals surface area (Å²) in [4.78, 5) is 0. The average molecular weight is 160 g/mol. The molecule has 0 heterocycles. The van der Waals surface area contributed by atoms with Crippen molar-refractivity contribution in [3.63, 3.8) is 0 Å². The zero-order valence-corrected chi connectivity index (χ0v) is 6.48. The molecule has 0 aromatic heterocycles. The molecule has 0 aliphatic heterocycles. The zero-order valence-electron chi connectivity index (χ0n) is 5.08. The monoisotopic (exact) mass is 160 g/mol. The Morgan fingerprint density at radius 2 is 0.625 bits per heavy atom. The molecule has 0 saturated heterocycles. The number of rotatable bonds is 0. The molecule has 0 atom stereocenters. The Balaban J connectivity index is -0.00000000500. The fraction of sp³-hybridized carbons (Fsp3) is 1.00. The van der Waals surface area contributed by atoms with Gasteiger partial charge in [-0.15, -0.1) is 0 Å². The molecule has 0 saturated carbocycles. The van der Waals surface area contributed by atoms with Crippen LogP contribution in [0.4, 0.5) is 0 Å². The van der Waals surface area contributed by atoms with E-state index in [0.29, 0.717) is 0 Å². The third-order valence-corrected chi connectivity index (χ3v) is 0. The summed E-state index contributed by atoms with van der Waals surface area (Å²) >= 11 is 0. The fourth-order valence-corrected chi connectivity index (χ4v) is 0. The van der Waals surface area contributed by atoms with E-state index in [1.807, 2.05) is 0 Å². The van der Waals surface area contributed by atoms with E-state index in [-0.39, 0.29) is 24.0 Å². The largest absolute Gasteiger partial charge is 2.00 e. The second-order valence-corrected chi connectivity index (χ2v) is 0. The maximum absolute atomic E-state index is 8.25. The van der Waals surface area contributed by atoms with Crippen molar-refractivity contribution in [1.29, 1.82) is 0 Å². The quantitative estimate of drug-likeness (QED) is 0.373. The van der Waals surface area contributed by atoms with Crippen molar-refractivity contribution < 1.29 is 39.4 Å². The van der Waals surface area contributed by atoms with Crippen LogP contribution in [0.2, 0.25) is 0 Å². The molecule has 1 radical (unpaired) electrons. The number of hydrogen-bond donors (Lipinski definition) is 0. The summed E-state index contributed by atoms with van der Waals surface area (Å²) in [5.41, 5.74) is 0. The Labute approximate surface area is 61.4 Å². The molecule has 0 amide bonds. The van der Waals surface area contributed by atoms with Crippen molar-refractivity contribution in [3.05, 3.63) is 0 Å². The van der Waals surface area contributed by atoms with Crippen LogP contribution >= 0.6 is 0 Å². The Kier molecular flexibility index (Phi) is 8420. The first kappa shape index (κ1) is 39.6. The van der Waals surface area contributed by atoms with Crippen LogP contribution in [-0.4, -0.2) is 21.3 Å². The van der Waals surface area contributed by atoms with Crippen LogP contribution in [0.15, 0.2) is 0 Å². The molecular formula is C3H9O4V-5. The number of hydrogen-bond acceptors (Lipinski definition) is 3. The third kappa shape index (κ3) is 1050. The van der Waals surface area contributed by atoms with Gasteiger partial charge in [0.15, 0.2) is 0 Å². The zero-order chi connectivity index (χ0) is 6.00. The molecule has 0 unspecified atom stereocenters. The second kappa shape index (κ2) is 1700. The molecule has 0 aromatic rings. The first-order valence-electron chi connectivity index (χ1n) is 1.22. The predicted molar refractivity (Wildman–Crippen MR) is 18.5 cm³/mol. The average Bonchev–Trinajstić information content (AvgIpc) is 1.81. The first-order chi connectivity index (χ1) is 3.00.